The first-order chi connectivity index (χ1) is 11.6. The lowest BCUT2D eigenvalue weighted by Crippen LogP contribution is -2.45. The van der Waals surface area contributed by atoms with Crippen molar-refractivity contribution in [1.29, 1.82) is 0 Å². The first kappa shape index (κ1) is 14.3. The molecule has 1 aromatic heterocycles. The summed E-state index contributed by atoms with van der Waals surface area (Å²) in [5.74, 6) is 1.73. The van der Waals surface area contributed by atoms with E-state index in [0.717, 1.165) is 43.7 Å². The number of ketones is 1. The van der Waals surface area contributed by atoms with Crippen molar-refractivity contribution in [3.8, 4) is 5.75 Å². The third-order valence-corrected chi connectivity index (χ3v) is 6.19. The topological polar surface area (TPSA) is 45.3 Å². The van der Waals surface area contributed by atoms with Crippen LogP contribution in [0.4, 0.5) is 0 Å². The minimum atomic E-state index is -0.107. The van der Waals surface area contributed by atoms with E-state index in [2.05, 4.69) is 28.1 Å². The Balaban J connectivity index is 1.76. The Hall–Kier alpha value is -2.07. The molecule has 0 unspecified atom stereocenters. The summed E-state index contributed by atoms with van der Waals surface area (Å²) in [6.45, 7) is 3.87. The third kappa shape index (κ3) is 1.75. The number of aromatic amines is 1. The van der Waals surface area contributed by atoms with Crippen molar-refractivity contribution in [3.63, 3.8) is 0 Å². The number of hydrogen-bond donors (Lipinski definition) is 1. The first-order valence-electron chi connectivity index (χ1n) is 8.77. The number of Topliss-reactive ketones (excluding diaryl/α,β-unsaturated/α-hetero) is 1. The van der Waals surface area contributed by atoms with Gasteiger partial charge in [-0.1, -0.05) is 6.08 Å². The summed E-state index contributed by atoms with van der Waals surface area (Å²) in [6.07, 6.45) is 5.39. The Labute approximate surface area is 141 Å². The van der Waals surface area contributed by atoms with Crippen molar-refractivity contribution in [2.24, 2.45) is 5.92 Å². The molecule has 2 aliphatic heterocycles. The van der Waals surface area contributed by atoms with Gasteiger partial charge in [0.15, 0.2) is 5.78 Å². The number of aromatic nitrogens is 1. The minimum absolute atomic E-state index is 0.107. The quantitative estimate of drug-likeness (QED) is 0.924. The van der Waals surface area contributed by atoms with Gasteiger partial charge in [0.1, 0.15) is 5.75 Å². The number of rotatable bonds is 2. The van der Waals surface area contributed by atoms with E-state index in [0.29, 0.717) is 5.92 Å². The lowest BCUT2D eigenvalue weighted by molar-refractivity contribution is -0.114. The van der Waals surface area contributed by atoms with E-state index >= 15 is 0 Å². The van der Waals surface area contributed by atoms with Crippen molar-refractivity contribution in [2.45, 2.75) is 31.7 Å². The summed E-state index contributed by atoms with van der Waals surface area (Å²) in [4.78, 5) is 18.3. The maximum atomic E-state index is 12.0. The molecule has 1 saturated heterocycles. The fourth-order valence-electron chi connectivity index (χ4n) is 5.15. The molecule has 2 bridgehead atoms. The van der Waals surface area contributed by atoms with Gasteiger partial charge >= 0.3 is 0 Å². The van der Waals surface area contributed by atoms with Crippen molar-refractivity contribution >= 4 is 16.7 Å². The third-order valence-electron chi connectivity index (χ3n) is 6.19. The number of nitrogens with one attached hydrogen (secondary N) is 1. The molecule has 1 aliphatic carbocycles. The average Bonchev–Trinajstić information content (AvgIpc) is 3.08. The molecule has 2 atom stereocenters. The molecule has 5 rings (SSSR count). The van der Waals surface area contributed by atoms with Gasteiger partial charge in [-0.15, -0.1) is 0 Å². The fraction of sp³-hybridized carbons (Fsp3) is 0.450. The van der Waals surface area contributed by atoms with Gasteiger partial charge in [-0.3, -0.25) is 9.69 Å². The Kier molecular flexibility index (Phi) is 2.82. The van der Waals surface area contributed by atoms with E-state index < -0.39 is 0 Å². The summed E-state index contributed by atoms with van der Waals surface area (Å²) < 4.78 is 5.42. The number of carbonyl (C=O) groups is 1. The van der Waals surface area contributed by atoms with Crippen LogP contribution in [0.5, 0.6) is 5.75 Å². The summed E-state index contributed by atoms with van der Waals surface area (Å²) in [6, 6.07) is 6.26. The molecule has 3 heterocycles. The molecular weight excluding hydrogens is 300 g/mol. The first-order valence-corrected chi connectivity index (χ1v) is 8.77. The van der Waals surface area contributed by atoms with Crippen molar-refractivity contribution in [3.05, 3.63) is 41.1 Å². The van der Waals surface area contributed by atoms with Gasteiger partial charge in [0, 0.05) is 29.7 Å². The molecule has 1 spiro atoms. The highest BCUT2D eigenvalue weighted by molar-refractivity contribution is 5.94. The van der Waals surface area contributed by atoms with Crippen LogP contribution >= 0.6 is 0 Å². The van der Waals surface area contributed by atoms with Gasteiger partial charge in [0.05, 0.1) is 12.6 Å². The number of allylic oxidation sites excluding steroid dienone is 1. The van der Waals surface area contributed by atoms with Gasteiger partial charge in [-0.25, -0.2) is 0 Å². The molecule has 1 aromatic carbocycles. The molecule has 124 valence electrons. The highest BCUT2D eigenvalue weighted by atomic mass is 16.5. The zero-order chi connectivity index (χ0) is 16.5. The van der Waals surface area contributed by atoms with Crippen LogP contribution in [0.3, 0.4) is 0 Å². The average molecular weight is 322 g/mol. The van der Waals surface area contributed by atoms with Crippen LogP contribution in [0, 0.1) is 5.92 Å². The number of hydrogen-bond acceptors (Lipinski definition) is 3. The van der Waals surface area contributed by atoms with E-state index in [9.17, 15) is 4.79 Å². The minimum Gasteiger partial charge on any atom is -0.497 e. The second kappa shape index (κ2) is 4.73. The zero-order valence-electron chi connectivity index (χ0n) is 14.2. The Bertz CT molecular complexity index is 894. The van der Waals surface area contributed by atoms with E-state index in [4.69, 9.17) is 4.74 Å². The molecule has 0 amide bonds. The van der Waals surface area contributed by atoms with E-state index in [1.165, 1.54) is 22.2 Å². The zero-order valence-corrected chi connectivity index (χ0v) is 14.2. The molecule has 1 fully saturated rings. The molecule has 0 saturated carbocycles. The largest absolute Gasteiger partial charge is 0.497 e. The summed E-state index contributed by atoms with van der Waals surface area (Å²) in [5.41, 5.74) is 4.78. The molecular formula is C20H22N2O2. The van der Waals surface area contributed by atoms with E-state index in [-0.39, 0.29) is 11.3 Å². The second-order valence-electron chi connectivity index (χ2n) is 7.51. The van der Waals surface area contributed by atoms with Crippen LogP contribution in [0.2, 0.25) is 0 Å². The van der Waals surface area contributed by atoms with Gasteiger partial charge in [0.25, 0.3) is 0 Å². The van der Waals surface area contributed by atoms with Crippen LogP contribution in [-0.2, 0) is 16.8 Å². The SMILES string of the molecule is COc1ccc2[nH]c3c(c2c1)CCN1C[C@@H]2CC(C(C)=O)=C[C@]31C2. The van der Waals surface area contributed by atoms with Gasteiger partial charge in [0.2, 0.25) is 0 Å². The lowest BCUT2D eigenvalue weighted by atomic mass is 9.76. The normalized spacial score (nSPS) is 28.4. The second-order valence-corrected chi connectivity index (χ2v) is 7.51. The Morgan fingerprint density at radius 1 is 1.42 bits per heavy atom. The maximum absolute atomic E-state index is 12.0. The molecule has 2 aromatic rings. The molecule has 4 heteroatoms. The highest BCUT2D eigenvalue weighted by Gasteiger charge is 2.52. The summed E-state index contributed by atoms with van der Waals surface area (Å²) in [5, 5.41) is 1.27. The van der Waals surface area contributed by atoms with Gasteiger partial charge in [-0.2, -0.15) is 0 Å². The van der Waals surface area contributed by atoms with Gasteiger partial charge < -0.3 is 9.72 Å². The standard InChI is InChI=1S/C20H22N2O2/c1-12(23)14-7-13-9-20(10-14)19-16(5-6-22(20)11-13)17-8-15(24-2)3-4-18(17)21-19/h3-4,8,10,13,21H,5-7,9,11H2,1-2H3/t13-,20-/m1/s1. The van der Waals surface area contributed by atoms with Crippen molar-refractivity contribution in [1.82, 2.24) is 9.88 Å². The van der Waals surface area contributed by atoms with Crippen LogP contribution in [0.25, 0.3) is 10.9 Å². The molecule has 1 N–H and O–H groups in total. The van der Waals surface area contributed by atoms with Crippen LogP contribution < -0.4 is 4.74 Å². The van der Waals surface area contributed by atoms with Crippen LogP contribution in [0.1, 0.15) is 31.0 Å². The monoisotopic (exact) mass is 322 g/mol. The number of nitrogens with zero attached hydrogens (tertiary/aromatic N) is 1. The fourth-order valence-corrected chi connectivity index (χ4v) is 5.15. The highest BCUT2D eigenvalue weighted by Crippen LogP contribution is 2.52. The number of H-pyrrole nitrogens is 1. The number of fused-ring (bicyclic) bond motifs is 4. The molecule has 3 aliphatic rings. The summed E-state index contributed by atoms with van der Waals surface area (Å²) >= 11 is 0. The number of benzene rings is 1. The molecule has 4 nitrogen and oxygen atoms in total. The predicted molar refractivity (Wildman–Crippen MR) is 93.3 cm³/mol. The number of ether oxygens (including phenoxy) is 1. The van der Waals surface area contributed by atoms with E-state index in [1.807, 2.05) is 6.07 Å². The van der Waals surface area contributed by atoms with Crippen molar-refractivity contribution in [2.75, 3.05) is 20.2 Å². The van der Waals surface area contributed by atoms with Crippen LogP contribution in [0.15, 0.2) is 29.8 Å². The predicted octanol–water partition coefficient (Wildman–Crippen LogP) is 3.17. The van der Waals surface area contributed by atoms with Crippen molar-refractivity contribution < 1.29 is 9.53 Å². The van der Waals surface area contributed by atoms with Crippen LogP contribution in [-0.4, -0.2) is 35.9 Å². The maximum Gasteiger partial charge on any atom is 0.155 e. The number of methoxy groups -OCH3 is 1. The van der Waals surface area contributed by atoms with E-state index in [1.54, 1.807) is 14.0 Å². The Morgan fingerprint density at radius 2 is 2.29 bits per heavy atom. The smallest absolute Gasteiger partial charge is 0.155 e. The Morgan fingerprint density at radius 3 is 3.08 bits per heavy atom. The number of carbonyl (C=O) groups excluding carboxylic acids is 1. The molecule has 24 heavy (non-hydrogen) atoms. The lowest BCUT2D eigenvalue weighted by Gasteiger charge is -2.41. The molecule has 0 radical (unpaired) electrons. The van der Waals surface area contributed by atoms with Gasteiger partial charge in [-0.05, 0) is 61.4 Å². The summed E-state index contributed by atoms with van der Waals surface area (Å²) in [7, 11) is 1.71.